The largest absolute Gasteiger partial charge is 0.385 e. The van der Waals surface area contributed by atoms with Gasteiger partial charge in [0.25, 0.3) is 0 Å². The minimum Gasteiger partial charge on any atom is -0.385 e. The quantitative estimate of drug-likeness (QED) is 0.154. The lowest BCUT2D eigenvalue weighted by Gasteiger charge is -2.31. The van der Waals surface area contributed by atoms with Crippen LogP contribution in [-0.4, -0.2) is 18.1 Å². The first kappa shape index (κ1) is 32.0. The number of anilines is 3. The van der Waals surface area contributed by atoms with Gasteiger partial charge in [-0.25, -0.2) is 0 Å². The zero-order valence-corrected chi connectivity index (χ0v) is 27.8. The molecule has 2 aliphatic rings. The Hall–Kier alpha value is -4.37. The van der Waals surface area contributed by atoms with E-state index in [-0.39, 0.29) is 5.41 Å². The number of rotatable bonds is 9. The Morgan fingerprint density at radius 2 is 1.73 bits per heavy atom. The van der Waals surface area contributed by atoms with Crippen LogP contribution < -0.4 is 10.2 Å². The number of hydrogen-bond donors (Lipinski definition) is 1. The van der Waals surface area contributed by atoms with Crippen LogP contribution in [0.1, 0.15) is 81.8 Å². The Bertz CT molecular complexity index is 1660. The van der Waals surface area contributed by atoms with Gasteiger partial charge < -0.3 is 10.2 Å². The predicted octanol–water partition coefficient (Wildman–Crippen LogP) is 11.2. The Morgan fingerprint density at radius 1 is 0.956 bits per heavy atom. The first-order chi connectivity index (χ1) is 21.8. The van der Waals surface area contributed by atoms with Crippen LogP contribution in [0.5, 0.6) is 0 Å². The summed E-state index contributed by atoms with van der Waals surface area (Å²) in [6.45, 7) is 16.8. The second-order valence-corrected chi connectivity index (χ2v) is 13.1. The first-order valence-corrected chi connectivity index (χ1v) is 16.6. The van der Waals surface area contributed by atoms with Gasteiger partial charge in [-0.15, -0.1) is 0 Å². The third-order valence-corrected chi connectivity index (χ3v) is 8.96. The average Bonchev–Trinajstić information content (AvgIpc) is 3.28. The topological polar surface area (TPSA) is 28.2 Å². The van der Waals surface area contributed by atoms with Crippen molar-refractivity contribution >= 4 is 29.2 Å². The van der Waals surface area contributed by atoms with Gasteiger partial charge in [-0.2, -0.15) is 0 Å². The lowest BCUT2D eigenvalue weighted by atomic mass is 9.82. The third kappa shape index (κ3) is 7.48. The van der Waals surface area contributed by atoms with Gasteiger partial charge >= 0.3 is 0 Å². The van der Waals surface area contributed by atoms with Gasteiger partial charge in [-0.3, -0.25) is 4.98 Å². The van der Waals surface area contributed by atoms with Crippen LogP contribution in [0.3, 0.4) is 0 Å². The highest BCUT2D eigenvalue weighted by molar-refractivity contribution is 5.84. The van der Waals surface area contributed by atoms with Crippen molar-refractivity contribution in [3.8, 4) is 11.1 Å². The summed E-state index contributed by atoms with van der Waals surface area (Å²) in [5.41, 5.74) is 12.8. The molecule has 0 unspecified atom stereocenters. The minimum atomic E-state index is -0.0330. The second-order valence-electron chi connectivity index (χ2n) is 13.1. The van der Waals surface area contributed by atoms with E-state index in [1.54, 1.807) is 6.08 Å². The fourth-order valence-corrected chi connectivity index (χ4v) is 6.49. The normalized spacial score (nSPS) is 14.6. The molecule has 3 nitrogen and oxygen atoms in total. The number of nitrogens with zero attached hydrogens (tertiary/aromatic N) is 2. The molecule has 232 valence electrons. The van der Waals surface area contributed by atoms with Crippen molar-refractivity contribution in [1.82, 2.24) is 4.98 Å². The number of benzene rings is 3. The molecule has 0 saturated heterocycles. The smallest absolute Gasteiger partial charge is 0.0631 e. The number of para-hydroxylation sites is 1. The molecule has 2 heterocycles. The molecule has 1 aliphatic heterocycles. The summed E-state index contributed by atoms with van der Waals surface area (Å²) in [7, 11) is 0. The molecule has 4 aromatic rings. The van der Waals surface area contributed by atoms with E-state index in [0.29, 0.717) is 0 Å². The van der Waals surface area contributed by atoms with Crippen molar-refractivity contribution in [1.29, 1.82) is 0 Å². The molecule has 1 aromatic heterocycles. The number of allylic oxidation sites excluding steroid dienone is 3. The SMILES string of the molecule is C=C/C=C\C.CC(C)CCCNc1ccc2c(c1)C(C)(C)c1cc(/C=C/c3ccc(N4CCCc5ccccc54)cn3)ccc1-2. The van der Waals surface area contributed by atoms with Gasteiger partial charge in [0.05, 0.1) is 17.6 Å². The molecule has 0 atom stereocenters. The monoisotopic (exact) mass is 595 g/mol. The maximum absolute atomic E-state index is 4.79. The average molecular weight is 596 g/mol. The Balaban J connectivity index is 0.000000743. The summed E-state index contributed by atoms with van der Waals surface area (Å²) in [6.07, 6.45) is 16.7. The number of nitrogens with one attached hydrogen (secondary N) is 1. The summed E-state index contributed by atoms with van der Waals surface area (Å²) in [5.74, 6) is 0.756. The highest BCUT2D eigenvalue weighted by Crippen LogP contribution is 2.49. The summed E-state index contributed by atoms with van der Waals surface area (Å²) >= 11 is 0. The van der Waals surface area contributed by atoms with E-state index in [0.717, 1.165) is 36.8 Å². The summed E-state index contributed by atoms with van der Waals surface area (Å²) in [5, 5.41) is 3.65. The molecule has 3 heteroatoms. The molecule has 3 aromatic carbocycles. The summed E-state index contributed by atoms with van der Waals surface area (Å²) in [6, 6.07) is 26.9. The number of aryl methyl sites for hydroxylation is 1. The first-order valence-electron chi connectivity index (χ1n) is 16.6. The standard InChI is InChI=1S/C37H41N3.C5H8/c1-26(2)9-7-21-38-30-17-20-33-32-19-14-27(23-34(32)37(3,4)35(33)24-30)13-15-29-16-18-31(25-39-29)40-22-8-11-28-10-5-6-12-36(28)40;1-3-5-4-2/h5-6,10,12-20,23-26,38H,7-9,11,21-22H2,1-4H3;3-5H,1H2,2H3/b15-13+;5-4-. The van der Waals surface area contributed by atoms with E-state index in [1.165, 1.54) is 64.0 Å². The maximum atomic E-state index is 4.79. The van der Waals surface area contributed by atoms with Crippen LogP contribution in [0, 0.1) is 5.92 Å². The van der Waals surface area contributed by atoms with Gasteiger partial charge in [0.2, 0.25) is 0 Å². The van der Waals surface area contributed by atoms with E-state index >= 15 is 0 Å². The fraction of sp³-hybridized carbons (Fsp3) is 0.310. The number of aromatic nitrogens is 1. The molecule has 0 bridgehead atoms. The Labute approximate surface area is 271 Å². The molecule has 0 fully saturated rings. The highest BCUT2D eigenvalue weighted by Gasteiger charge is 2.35. The molecule has 1 aliphatic carbocycles. The maximum Gasteiger partial charge on any atom is 0.0631 e. The van der Waals surface area contributed by atoms with Crippen LogP contribution in [-0.2, 0) is 11.8 Å². The molecule has 0 radical (unpaired) electrons. The zero-order valence-electron chi connectivity index (χ0n) is 27.8. The molecular formula is C42H49N3. The van der Waals surface area contributed by atoms with Gasteiger partial charge in [0.15, 0.2) is 0 Å². The van der Waals surface area contributed by atoms with Crippen LogP contribution in [0.2, 0.25) is 0 Å². The van der Waals surface area contributed by atoms with Gasteiger partial charge in [-0.1, -0.05) is 101 Å². The molecular weight excluding hydrogens is 546 g/mol. The lowest BCUT2D eigenvalue weighted by molar-refractivity contribution is 0.567. The van der Waals surface area contributed by atoms with E-state index in [9.17, 15) is 0 Å². The van der Waals surface area contributed by atoms with E-state index in [4.69, 9.17) is 4.98 Å². The number of pyridine rings is 1. The van der Waals surface area contributed by atoms with Crippen LogP contribution in [0.4, 0.5) is 17.1 Å². The highest BCUT2D eigenvalue weighted by atomic mass is 15.1. The van der Waals surface area contributed by atoms with Gasteiger partial charge in [-0.05, 0) is 108 Å². The van der Waals surface area contributed by atoms with Crippen molar-refractivity contribution in [2.24, 2.45) is 5.92 Å². The number of fused-ring (bicyclic) bond motifs is 4. The third-order valence-electron chi connectivity index (χ3n) is 8.96. The van der Waals surface area contributed by atoms with Crippen LogP contribution in [0.15, 0.2) is 104 Å². The summed E-state index contributed by atoms with van der Waals surface area (Å²) in [4.78, 5) is 7.18. The molecule has 1 N–H and O–H groups in total. The fourth-order valence-electron chi connectivity index (χ4n) is 6.49. The van der Waals surface area contributed by atoms with E-state index in [1.807, 2.05) is 25.3 Å². The van der Waals surface area contributed by atoms with Crippen molar-refractivity contribution in [3.05, 3.63) is 132 Å². The van der Waals surface area contributed by atoms with E-state index < -0.39 is 0 Å². The lowest BCUT2D eigenvalue weighted by Crippen LogP contribution is -2.24. The Kier molecular flexibility index (Phi) is 10.4. The van der Waals surface area contributed by atoms with Gasteiger partial charge in [0, 0.05) is 29.9 Å². The zero-order chi connectivity index (χ0) is 31.8. The predicted molar refractivity (Wildman–Crippen MR) is 197 cm³/mol. The van der Waals surface area contributed by atoms with Crippen LogP contribution in [0.25, 0.3) is 23.3 Å². The molecule has 0 amide bonds. The van der Waals surface area contributed by atoms with Crippen molar-refractivity contribution in [2.45, 2.75) is 65.7 Å². The number of hydrogen-bond acceptors (Lipinski definition) is 3. The molecule has 6 rings (SSSR count). The Morgan fingerprint density at radius 3 is 2.44 bits per heavy atom. The second kappa shape index (κ2) is 14.6. The van der Waals surface area contributed by atoms with Crippen LogP contribution >= 0.6 is 0 Å². The van der Waals surface area contributed by atoms with Gasteiger partial charge in [0.1, 0.15) is 0 Å². The minimum absolute atomic E-state index is 0.0330. The molecule has 0 saturated carbocycles. The molecule has 45 heavy (non-hydrogen) atoms. The summed E-state index contributed by atoms with van der Waals surface area (Å²) < 4.78 is 0. The van der Waals surface area contributed by atoms with E-state index in [2.05, 4.69) is 129 Å². The van der Waals surface area contributed by atoms with Crippen molar-refractivity contribution < 1.29 is 0 Å². The molecule has 0 spiro atoms. The van der Waals surface area contributed by atoms with Crippen molar-refractivity contribution in [2.75, 3.05) is 23.3 Å². The van der Waals surface area contributed by atoms with Crippen molar-refractivity contribution in [3.63, 3.8) is 0 Å².